The zero-order chi connectivity index (χ0) is 40.5. The number of H-pyrrole nitrogens is 4. The number of aromatic nitrogens is 8. The lowest BCUT2D eigenvalue weighted by atomic mass is 9.80. The number of nitrogens with zero attached hydrogens (tertiary/aromatic N) is 4. The standard InChI is InChI=1S/C15H11BrN2O2.C9H11BN2O2.C9H9BrN2.C7H6BrN3/c16-10-6-7-12-13(8-10)17-18-14(12)9-15(19)20-11-4-2-1-3-5-11;1-2-8-7-4-3-6(10(13)14)5-9(7)12-11-8;1-2-8-7-4-3-6(10)5-9(7)12-11-8;8-4-1-2-5-6(3-4)10-11-7(5)9/h1-8H,9H2,(H,17,18);3-5,13-14H,2H2,1H3,(H,11,12);3-5H,2H2,1H3,(H,11,12);1-3H,(H3,9,10,11). The number of esters is 1. The second-order valence-electron chi connectivity index (χ2n) is 12.5. The van der Waals surface area contributed by atoms with Crippen LogP contribution in [0.1, 0.15) is 30.9 Å². The number of benzene rings is 5. The Morgan fingerprint density at radius 3 is 1.68 bits per heavy atom. The van der Waals surface area contributed by atoms with E-state index in [9.17, 15) is 4.79 Å². The highest BCUT2D eigenvalue weighted by molar-refractivity contribution is 9.11. The van der Waals surface area contributed by atoms with Gasteiger partial charge in [-0.2, -0.15) is 20.4 Å². The maximum Gasteiger partial charge on any atom is 0.488 e. The van der Waals surface area contributed by atoms with Crippen molar-refractivity contribution in [2.45, 2.75) is 33.1 Å². The van der Waals surface area contributed by atoms with E-state index in [1.165, 1.54) is 11.1 Å². The summed E-state index contributed by atoms with van der Waals surface area (Å²) in [4.78, 5) is 11.9. The Balaban J connectivity index is 0.000000132. The van der Waals surface area contributed by atoms with Crippen LogP contribution in [0.3, 0.4) is 0 Å². The summed E-state index contributed by atoms with van der Waals surface area (Å²) in [6, 6.07) is 31.9. The molecule has 4 heterocycles. The quantitative estimate of drug-likeness (QED) is 0.0488. The van der Waals surface area contributed by atoms with Crippen molar-refractivity contribution >= 4 is 116 Å². The maximum atomic E-state index is 11.9. The van der Waals surface area contributed by atoms with E-state index in [0.29, 0.717) is 17.0 Å². The Kier molecular flexibility index (Phi) is 13.9. The number of nitrogens with two attached hydrogens (primary N) is 1. The molecule has 17 heteroatoms. The number of fused-ring (bicyclic) bond motifs is 4. The smallest absolute Gasteiger partial charge is 0.426 e. The van der Waals surface area contributed by atoms with Gasteiger partial charge in [0.05, 0.1) is 34.2 Å². The van der Waals surface area contributed by atoms with Gasteiger partial charge in [0.15, 0.2) is 5.82 Å². The number of carbonyl (C=O) groups is 1. The van der Waals surface area contributed by atoms with Gasteiger partial charge in [-0.1, -0.05) is 92.0 Å². The predicted molar refractivity (Wildman–Crippen MR) is 236 cm³/mol. The molecule has 57 heavy (non-hydrogen) atoms. The third kappa shape index (κ3) is 10.6. The van der Waals surface area contributed by atoms with Crippen LogP contribution in [0.2, 0.25) is 0 Å². The highest BCUT2D eigenvalue weighted by Gasteiger charge is 2.14. The van der Waals surface area contributed by atoms with E-state index in [2.05, 4.69) is 102 Å². The van der Waals surface area contributed by atoms with Gasteiger partial charge in [-0.25, -0.2) is 0 Å². The summed E-state index contributed by atoms with van der Waals surface area (Å²) in [6.07, 6.45) is 2.04. The summed E-state index contributed by atoms with van der Waals surface area (Å²) in [6.45, 7) is 4.16. The van der Waals surface area contributed by atoms with E-state index >= 15 is 0 Å². The van der Waals surface area contributed by atoms with Gasteiger partial charge in [0.25, 0.3) is 0 Å². The fourth-order valence-electron chi connectivity index (χ4n) is 5.81. The molecule has 0 aliphatic carbocycles. The average Bonchev–Trinajstić information content (AvgIpc) is 4.00. The van der Waals surface area contributed by atoms with Crippen molar-refractivity contribution in [2.75, 3.05) is 5.73 Å². The van der Waals surface area contributed by atoms with E-state index in [4.69, 9.17) is 20.5 Å². The van der Waals surface area contributed by atoms with Crippen LogP contribution in [0.4, 0.5) is 5.82 Å². The summed E-state index contributed by atoms with van der Waals surface area (Å²) in [5.41, 5.74) is 12.6. The fourth-order valence-corrected chi connectivity index (χ4v) is 6.87. The molecular weight excluding hydrogens is 921 g/mol. The molecule has 5 aromatic carbocycles. The molecule has 0 amide bonds. The first-order valence-corrected chi connectivity index (χ1v) is 20.1. The average molecular weight is 958 g/mol. The van der Waals surface area contributed by atoms with Gasteiger partial charge in [-0.3, -0.25) is 25.2 Å². The van der Waals surface area contributed by atoms with Crippen molar-refractivity contribution in [1.29, 1.82) is 0 Å². The van der Waals surface area contributed by atoms with Crippen LogP contribution in [0, 0.1) is 0 Å². The molecule has 0 bridgehead atoms. The van der Waals surface area contributed by atoms with Gasteiger partial charge in [0, 0.05) is 46.4 Å². The molecule has 0 atom stereocenters. The third-order valence-electron chi connectivity index (χ3n) is 8.71. The number of rotatable bonds is 6. The number of ether oxygens (including phenoxy) is 1. The number of aromatic amines is 4. The van der Waals surface area contributed by atoms with Crippen molar-refractivity contribution in [3.05, 3.63) is 134 Å². The van der Waals surface area contributed by atoms with Gasteiger partial charge < -0.3 is 20.5 Å². The summed E-state index contributed by atoms with van der Waals surface area (Å²) in [5, 5.41) is 50.1. The molecule has 0 fully saturated rings. The molecule has 4 aromatic heterocycles. The largest absolute Gasteiger partial charge is 0.488 e. The van der Waals surface area contributed by atoms with Gasteiger partial charge >= 0.3 is 13.1 Å². The predicted octanol–water partition coefficient (Wildman–Crippen LogP) is 8.07. The highest BCUT2D eigenvalue weighted by Crippen LogP contribution is 2.23. The Labute approximate surface area is 352 Å². The van der Waals surface area contributed by atoms with Crippen LogP contribution in [-0.2, 0) is 24.1 Å². The SMILES string of the molecule is CCc1[nH]nc2cc(B(O)O)ccc12.CCc1[nH]nc2cc(Br)ccc12.Nc1n[nH]c2cc(Br)ccc12.O=C(Cc1[nH]nc2cc(Br)ccc12)Oc1ccccc1. The molecule has 0 spiro atoms. The first-order chi connectivity index (χ1) is 27.5. The van der Waals surface area contributed by atoms with Gasteiger partial charge in [0.2, 0.25) is 0 Å². The number of nitrogens with one attached hydrogen (secondary N) is 4. The van der Waals surface area contributed by atoms with E-state index in [0.717, 1.165) is 75.9 Å². The molecule has 0 aliphatic rings. The molecular formula is C40H37BBr3N9O4. The zero-order valence-corrected chi connectivity index (χ0v) is 35.5. The lowest BCUT2D eigenvalue weighted by Gasteiger charge is -2.03. The Bertz CT molecular complexity index is 2750. The second kappa shape index (κ2) is 19.2. The molecule has 0 radical (unpaired) electrons. The second-order valence-corrected chi connectivity index (χ2v) is 15.3. The number of hydrogen-bond donors (Lipinski definition) is 7. The maximum absolute atomic E-state index is 11.9. The van der Waals surface area contributed by atoms with Crippen molar-refractivity contribution in [3.8, 4) is 5.75 Å². The number of halogens is 3. The number of para-hydroxylation sites is 1. The Hall–Kier alpha value is -5.33. The molecule has 0 saturated carbocycles. The zero-order valence-electron chi connectivity index (χ0n) is 30.7. The van der Waals surface area contributed by atoms with Crippen molar-refractivity contribution < 1.29 is 19.6 Å². The molecule has 9 aromatic rings. The van der Waals surface area contributed by atoms with Crippen molar-refractivity contribution in [3.63, 3.8) is 0 Å². The fraction of sp³-hybridized carbons (Fsp3) is 0.125. The molecule has 290 valence electrons. The number of anilines is 1. The monoisotopic (exact) mass is 955 g/mol. The van der Waals surface area contributed by atoms with Crippen LogP contribution < -0.4 is 15.9 Å². The van der Waals surface area contributed by atoms with Crippen LogP contribution in [0.25, 0.3) is 43.6 Å². The topological polar surface area (TPSA) is 207 Å². The first-order valence-electron chi connectivity index (χ1n) is 17.8. The normalized spacial score (nSPS) is 10.7. The molecule has 9 rings (SSSR count). The minimum absolute atomic E-state index is 0.160. The van der Waals surface area contributed by atoms with E-state index in [-0.39, 0.29) is 12.4 Å². The Morgan fingerprint density at radius 1 is 0.632 bits per heavy atom. The minimum atomic E-state index is -1.43. The highest BCUT2D eigenvalue weighted by atomic mass is 79.9. The van der Waals surface area contributed by atoms with E-state index < -0.39 is 7.12 Å². The number of nitrogen functional groups attached to an aromatic ring is 1. The van der Waals surface area contributed by atoms with Gasteiger partial charge in [-0.05, 0) is 91.1 Å². The molecule has 0 saturated heterocycles. The van der Waals surface area contributed by atoms with Crippen LogP contribution in [-0.4, -0.2) is 63.9 Å². The molecule has 0 aliphatic heterocycles. The number of hydrogen-bond acceptors (Lipinski definition) is 9. The summed E-state index contributed by atoms with van der Waals surface area (Å²) in [7, 11) is -1.43. The van der Waals surface area contributed by atoms with E-state index in [1.54, 1.807) is 24.3 Å². The molecule has 0 unspecified atom stereocenters. The number of aryl methyl sites for hydroxylation is 2. The summed E-state index contributed by atoms with van der Waals surface area (Å²) >= 11 is 10.2. The van der Waals surface area contributed by atoms with Crippen LogP contribution >= 0.6 is 47.8 Å². The van der Waals surface area contributed by atoms with Crippen molar-refractivity contribution in [2.24, 2.45) is 0 Å². The van der Waals surface area contributed by atoms with Crippen LogP contribution in [0.15, 0.2) is 117 Å². The van der Waals surface area contributed by atoms with Crippen LogP contribution in [0.5, 0.6) is 5.75 Å². The summed E-state index contributed by atoms with van der Waals surface area (Å²) in [5.74, 6) is 0.779. The minimum Gasteiger partial charge on any atom is -0.426 e. The van der Waals surface area contributed by atoms with Gasteiger partial charge in [-0.15, -0.1) is 0 Å². The lowest BCUT2D eigenvalue weighted by molar-refractivity contribution is -0.133. The molecule has 8 N–H and O–H groups in total. The number of carbonyl (C=O) groups excluding carboxylic acids is 1. The van der Waals surface area contributed by atoms with Gasteiger partial charge in [0.1, 0.15) is 5.75 Å². The summed E-state index contributed by atoms with van der Waals surface area (Å²) < 4.78 is 8.31. The lowest BCUT2D eigenvalue weighted by Crippen LogP contribution is -2.29. The van der Waals surface area contributed by atoms with E-state index in [1.807, 2.05) is 79.7 Å². The van der Waals surface area contributed by atoms with Crippen molar-refractivity contribution in [1.82, 2.24) is 40.8 Å². The first kappa shape index (κ1) is 41.3. The third-order valence-corrected chi connectivity index (χ3v) is 10.2. The Morgan fingerprint density at radius 2 is 1.12 bits per heavy atom. The molecule has 13 nitrogen and oxygen atoms in total.